The second-order valence-corrected chi connectivity index (χ2v) is 3.23. The molecule has 1 rings (SSSR count). The minimum Gasteiger partial charge on any atom is -0.492 e. The van der Waals surface area contributed by atoms with Crippen LogP contribution < -0.4 is 4.74 Å². The van der Waals surface area contributed by atoms with E-state index in [-0.39, 0.29) is 5.82 Å². The van der Waals surface area contributed by atoms with Gasteiger partial charge in [0, 0.05) is 6.42 Å². The summed E-state index contributed by atoms with van der Waals surface area (Å²) in [6.45, 7) is 0.313. The van der Waals surface area contributed by atoms with E-state index in [4.69, 9.17) is 4.74 Å². The highest BCUT2D eigenvalue weighted by Gasteiger charge is 2.01. The lowest BCUT2D eigenvalue weighted by molar-refractivity contribution is -0.108. The molecule has 0 heterocycles. The van der Waals surface area contributed by atoms with Gasteiger partial charge in [-0.15, -0.1) is 0 Å². The summed E-state index contributed by atoms with van der Waals surface area (Å²) in [6, 6.07) is 4.14. The molecule has 0 aliphatic rings. The lowest BCUT2D eigenvalue weighted by Gasteiger charge is -2.05. The zero-order valence-electron chi connectivity index (χ0n) is 6.80. The molecule has 0 saturated heterocycles. The summed E-state index contributed by atoms with van der Waals surface area (Å²) < 4.78 is 18.3. The van der Waals surface area contributed by atoms with Crippen LogP contribution >= 0.6 is 15.9 Å². The van der Waals surface area contributed by atoms with Crippen LogP contribution in [0.1, 0.15) is 6.42 Å². The molecule has 0 aliphatic heterocycles. The first-order chi connectivity index (χ1) is 6.24. The molecule has 4 heteroatoms. The lowest BCUT2D eigenvalue weighted by Crippen LogP contribution is -1.98. The Labute approximate surface area is 83.8 Å². The number of ether oxygens (including phenoxy) is 1. The normalized spacial score (nSPS) is 9.69. The fraction of sp³-hybridized carbons (Fsp3) is 0.222. The predicted octanol–water partition coefficient (Wildman–Crippen LogP) is 2.56. The SMILES string of the molecule is O=CCCOc1ccc(F)cc1Br. The lowest BCUT2D eigenvalue weighted by atomic mass is 10.3. The second kappa shape index (κ2) is 4.97. The summed E-state index contributed by atoms with van der Waals surface area (Å²) in [4.78, 5) is 9.98. The maximum absolute atomic E-state index is 12.6. The van der Waals surface area contributed by atoms with Gasteiger partial charge in [0.1, 0.15) is 17.9 Å². The van der Waals surface area contributed by atoms with E-state index < -0.39 is 0 Å². The molecule has 0 fully saturated rings. The van der Waals surface area contributed by atoms with Gasteiger partial charge in [-0.05, 0) is 34.1 Å². The molecule has 0 atom stereocenters. The molecular formula is C9H8BrFO2. The Bertz CT molecular complexity index is 302. The average molecular weight is 247 g/mol. The molecule has 0 amide bonds. The first kappa shape index (κ1) is 10.2. The third kappa shape index (κ3) is 3.14. The van der Waals surface area contributed by atoms with Crippen molar-refractivity contribution in [2.75, 3.05) is 6.61 Å². The van der Waals surface area contributed by atoms with Crippen LogP contribution in [0.2, 0.25) is 0 Å². The van der Waals surface area contributed by atoms with Crippen molar-refractivity contribution in [1.82, 2.24) is 0 Å². The van der Waals surface area contributed by atoms with Crippen LogP contribution in [-0.4, -0.2) is 12.9 Å². The molecule has 0 N–H and O–H groups in total. The van der Waals surface area contributed by atoms with Crippen molar-refractivity contribution >= 4 is 22.2 Å². The Hall–Kier alpha value is -0.900. The minimum absolute atomic E-state index is 0.313. The topological polar surface area (TPSA) is 26.3 Å². The highest BCUT2D eigenvalue weighted by molar-refractivity contribution is 9.10. The predicted molar refractivity (Wildman–Crippen MR) is 50.3 cm³/mol. The number of carbonyl (C=O) groups is 1. The van der Waals surface area contributed by atoms with E-state index in [0.717, 1.165) is 6.29 Å². The van der Waals surface area contributed by atoms with Crippen molar-refractivity contribution in [3.05, 3.63) is 28.5 Å². The van der Waals surface area contributed by atoms with Crippen LogP contribution in [0.5, 0.6) is 5.75 Å². The monoisotopic (exact) mass is 246 g/mol. The number of hydrogen-bond donors (Lipinski definition) is 0. The van der Waals surface area contributed by atoms with Gasteiger partial charge in [-0.1, -0.05) is 0 Å². The summed E-state index contributed by atoms with van der Waals surface area (Å²) in [5.74, 6) is 0.220. The standard InChI is InChI=1S/C9H8BrFO2/c10-8-6-7(11)2-3-9(8)13-5-1-4-12/h2-4,6H,1,5H2. The number of rotatable bonds is 4. The molecule has 0 spiro atoms. The summed E-state index contributed by atoms with van der Waals surface area (Å²) in [5, 5.41) is 0. The molecule has 1 aromatic rings. The van der Waals surface area contributed by atoms with Crippen molar-refractivity contribution in [3.63, 3.8) is 0 Å². The van der Waals surface area contributed by atoms with Crippen LogP contribution in [0, 0.1) is 5.82 Å². The smallest absolute Gasteiger partial charge is 0.133 e. The van der Waals surface area contributed by atoms with Gasteiger partial charge < -0.3 is 9.53 Å². The largest absolute Gasteiger partial charge is 0.492 e. The minimum atomic E-state index is -0.324. The molecule has 0 aromatic heterocycles. The Kier molecular flexibility index (Phi) is 3.89. The fourth-order valence-electron chi connectivity index (χ4n) is 0.809. The number of hydrogen-bond acceptors (Lipinski definition) is 2. The van der Waals surface area contributed by atoms with Crippen molar-refractivity contribution in [2.24, 2.45) is 0 Å². The number of halogens is 2. The van der Waals surface area contributed by atoms with E-state index >= 15 is 0 Å². The van der Waals surface area contributed by atoms with E-state index in [9.17, 15) is 9.18 Å². The van der Waals surface area contributed by atoms with Crippen molar-refractivity contribution in [1.29, 1.82) is 0 Å². The number of carbonyl (C=O) groups excluding carboxylic acids is 1. The highest BCUT2D eigenvalue weighted by Crippen LogP contribution is 2.25. The van der Waals surface area contributed by atoms with Crippen LogP contribution in [0.15, 0.2) is 22.7 Å². The molecule has 1 aromatic carbocycles. The van der Waals surface area contributed by atoms with E-state index in [2.05, 4.69) is 15.9 Å². The quantitative estimate of drug-likeness (QED) is 0.603. The van der Waals surface area contributed by atoms with Gasteiger partial charge in [0.15, 0.2) is 0 Å². The van der Waals surface area contributed by atoms with Gasteiger partial charge in [0.05, 0.1) is 11.1 Å². The van der Waals surface area contributed by atoms with Crippen molar-refractivity contribution < 1.29 is 13.9 Å². The van der Waals surface area contributed by atoms with E-state index in [1.165, 1.54) is 18.2 Å². The molecule has 0 unspecified atom stereocenters. The highest BCUT2D eigenvalue weighted by atomic mass is 79.9. The van der Waals surface area contributed by atoms with Gasteiger partial charge in [-0.2, -0.15) is 0 Å². The fourth-order valence-corrected chi connectivity index (χ4v) is 1.27. The van der Waals surface area contributed by atoms with E-state index in [0.29, 0.717) is 23.2 Å². The van der Waals surface area contributed by atoms with Gasteiger partial charge in [-0.25, -0.2) is 4.39 Å². The third-order valence-corrected chi connectivity index (χ3v) is 2.01. The Balaban J connectivity index is 2.61. The molecule has 70 valence electrons. The average Bonchev–Trinajstić information content (AvgIpc) is 2.09. The molecule has 13 heavy (non-hydrogen) atoms. The first-order valence-corrected chi connectivity index (χ1v) is 4.55. The maximum atomic E-state index is 12.6. The molecule has 0 radical (unpaired) electrons. The molecule has 0 aliphatic carbocycles. The van der Waals surface area contributed by atoms with E-state index in [1.807, 2.05) is 0 Å². The molecule has 0 saturated carbocycles. The summed E-state index contributed by atoms with van der Waals surface area (Å²) in [6.07, 6.45) is 1.11. The van der Waals surface area contributed by atoms with Crippen molar-refractivity contribution in [2.45, 2.75) is 6.42 Å². The molecule has 2 nitrogen and oxygen atoms in total. The van der Waals surface area contributed by atoms with Crippen LogP contribution in [0.3, 0.4) is 0 Å². The summed E-state index contributed by atoms with van der Waals surface area (Å²) in [5.41, 5.74) is 0. The van der Waals surface area contributed by atoms with Crippen LogP contribution in [-0.2, 0) is 4.79 Å². The third-order valence-electron chi connectivity index (χ3n) is 1.39. The summed E-state index contributed by atoms with van der Waals surface area (Å²) in [7, 11) is 0. The molecular weight excluding hydrogens is 239 g/mol. The Morgan fingerprint density at radius 2 is 2.31 bits per heavy atom. The van der Waals surface area contributed by atoms with Crippen molar-refractivity contribution in [3.8, 4) is 5.75 Å². The second-order valence-electron chi connectivity index (χ2n) is 2.38. The van der Waals surface area contributed by atoms with Gasteiger partial charge in [0.2, 0.25) is 0 Å². The Morgan fingerprint density at radius 1 is 1.54 bits per heavy atom. The number of benzene rings is 1. The zero-order valence-corrected chi connectivity index (χ0v) is 8.38. The number of aldehydes is 1. The maximum Gasteiger partial charge on any atom is 0.133 e. The van der Waals surface area contributed by atoms with Gasteiger partial charge in [0.25, 0.3) is 0 Å². The van der Waals surface area contributed by atoms with Crippen LogP contribution in [0.4, 0.5) is 4.39 Å². The van der Waals surface area contributed by atoms with Gasteiger partial charge >= 0.3 is 0 Å². The first-order valence-electron chi connectivity index (χ1n) is 3.75. The van der Waals surface area contributed by atoms with Gasteiger partial charge in [-0.3, -0.25) is 0 Å². The van der Waals surface area contributed by atoms with E-state index in [1.54, 1.807) is 0 Å². The Morgan fingerprint density at radius 3 is 2.92 bits per heavy atom. The van der Waals surface area contributed by atoms with Crippen LogP contribution in [0.25, 0.3) is 0 Å². The molecule has 0 bridgehead atoms. The summed E-state index contributed by atoms with van der Waals surface area (Å²) >= 11 is 3.15. The zero-order chi connectivity index (χ0) is 9.68.